The van der Waals surface area contributed by atoms with Crippen molar-refractivity contribution in [3.63, 3.8) is 0 Å². The molecule has 1 aromatic heterocycles. The van der Waals surface area contributed by atoms with Gasteiger partial charge in [0.25, 0.3) is 0 Å². The van der Waals surface area contributed by atoms with E-state index in [9.17, 15) is 4.79 Å². The van der Waals surface area contributed by atoms with Gasteiger partial charge in [0.15, 0.2) is 5.58 Å². The Morgan fingerprint density at radius 3 is 2.71 bits per heavy atom. The number of aromatic nitrogens is 1. The van der Waals surface area contributed by atoms with E-state index in [2.05, 4.69) is 15.0 Å². The second-order valence-corrected chi connectivity index (χ2v) is 5.31. The number of para-hydroxylation sites is 1. The van der Waals surface area contributed by atoms with E-state index in [0.29, 0.717) is 22.7 Å². The summed E-state index contributed by atoms with van der Waals surface area (Å²) in [6.45, 7) is 0. The first-order valence-corrected chi connectivity index (χ1v) is 7.49. The quantitative estimate of drug-likeness (QED) is 0.575. The van der Waals surface area contributed by atoms with Crippen molar-refractivity contribution in [2.75, 3.05) is 12.4 Å². The average Bonchev–Trinajstić information content (AvgIpc) is 3.06. The molecular formula is C19H14N2O3. The largest absolute Gasteiger partial charge is 0.453 e. The van der Waals surface area contributed by atoms with Crippen LogP contribution < -0.4 is 5.32 Å². The minimum absolute atomic E-state index is 0.452. The fourth-order valence-electron chi connectivity index (χ4n) is 2.72. The van der Waals surface area contributed by atoms with Crippen molar-refractivity contribution in [1.29, 1.82) is 0 Å². The van der Waals surface area contributed by atoms with Crippen molar-refractivity contribution >= 4 is 33.7 Å². The second kappa shape index (κ2) is 5.70. The summed E-state index contributed by atoms with van der Waals surface area (Å²) < 4.78 is 10.6. The van der Waals surface area contributed by atoms with Crippen LogP contribution in [0, 0.1) is 0 Å². The molecule has 1 amide bonds. The maximum atomic E-state index is 11.5. The average molecular weight is 318 g/mol. The minimum atomic E-state index is -0.538. The van der Waals surface area contributed by atoms with Crippen LogP contribution in [0.5, 0.6) is 0 Å². The summed E-state index contributed by atoms with van der Waals surface area (Å²) in [6, 6.07) is 19.2. The lowest BCUT2D eigenvalue weighted by Gasteiger charge is -2.07. The van der Waals surface area contributed by atoms with E-state index in [0.717, 1.165) is 16.3 Å². The Kier molecular flexibility index (Phi) is 3.39. The molecule has 0 aliphatic heterocycles. The molecule has 4 rings (SSSR count). The van der Waals surface area contributed by atoms with Gasteiger partial charge in [0, 0.05) is 5.39 Å². The number of amides is 1. The van der Waals surface area contributed by atoms with E-state index in [4.69, 9.17) is 4.42 Å². The molecule has 0 atom stereocenters. The minimum Gasteiger partial charge on any atom is -0.453 e. The number of methoxy groups -OCH3 is 1. The maximum absolute atomic E-state index is 11.5. The Labute approximate surface area is 137 Å². The zero-order valence-electron chi connectivity index (χ0n) is 12.9. The molecular weight excluding hydrogens is 304 g/mol. The standard InChI is InChI=1S/C19H14N2O3/c1-23-19(22)20-15-9-5-4-8-14(15)18-21-17-13-7-3-2-6-12(13)10-11-16(17)24-18/h2-11H,1H3,(H,20,22). The summed E-state index contributed by atoms with van der Waals surface area (Å²) in [5.74, 6) is 0.452. The number of hydrogen-bond acceptors (Lipinski definition) is 4. The topological polar surface area (TPSA) is 64.4 Å². The summed E-state index contributed by atoms with van der Waals surface area (Å²) in [7, 11) is 1.32. The van der Waals surface area contributed by atoms with E-state index in [-0.39, 0.29) is 0 Å². The zero-order valence-corrected chi connectivity index (χ0v) is 12.9. The van der Waals surface area contributed by atoms with Crippen LogP contribution in [0.3, 0.4) is 0 Å². The molecule has 0 aliphatic rings. The molecule has 0 saturated heterocycles. The van der Waals surface area contributed by atoms with E-state index in [1.54, 1.807) is 6.07 Å². The molecule has 0 bridgehead atoms. The summed E-state index contributed by atoms with van der Waals surface area (Å²) in [6.07, 6.45) is -0.538. The number of oxazole rings is 1. The molecule has 0 radical (unpaired) electrons. The summed E-state index contributed by atoms with van der Waals surface area (Å²) in [5.41, 5.74) is 2.79. The third-order valence-electron chi connectivity index (χ3n) is 3.86. The third-order valence-corrected chi connectivity index (χ3v) is 3.86. The molecule has 1 N–H and O–H groups in total. The molecule has 0 aliphatic carbocycles. The first-order valence-electron chi connectivity index (χ1n) is 7.49. The number of anilines is 1. The van der Waals surface area contributed by atoms with Gasteiger partial charge in [0.2, 0.25) is 5.89 Å². The number of carbonyl (C=O) groups excluding carboxylic acids is 1. The van der Waals surface area contributed by atoms with Crippen LogP contribution in [0.1, 0.15) is 0 Å². The molecule has 0 fully saturated rings. The van der Waals surface area contributed by atoms with Gasteiger partial charge in [-0.3, -0.25) is 5.32 Å². The van der Waals surface area contributed by atoms with Crippen molar-refractivity contribution < 1.29 is 13.9 Å². The van der Waals surface area contributed by atoms with Crippen LogP contribution in [-0.4, -0.2) is 18.2 Å². The Balaban J connectivity index is 1.88. The normalized spacial score (nSPS) is 10.9. The predicted molar refractivity (Wildman–Crippen MR) is 93.0 cm³/mol. The number of nitrogens with one attached hydrogen (secondary N) is 1. The van der Waals surface area contributed by atoms with Crippen molar-refractivity contribution in [1.82, 2.24) is 4.98 Å². The predicted octanol–water partition coefficient (Wildman–Crippen LogP) is 4.83. The lowest BCUT2D eigenvalue weighted by Crippen LogP contribution is -2.11. The number of ether oxygens (including phenoxy) is 1. The SMILES string of the molecule is COC(=O)Nc1ccccc1-c1nc2c(ccc3ccccc32)o1. The van der Waals surface area contributed by atoms with Gasteiger partial charge >= 0.3 is 6.09 Å². The Bertz CT molecular complexity index is 1050. The molecule has 4 aromatic rings. The van der Waals surface area contributed by atoms with E-state index < -0.39 is 6.09 Å². The molecule has 0 unspecified atom stereocenters. The summed E-state index contributed by atoms with van der Waals surface area (Å²) in [5, 5.41) is 4.81. The van der Waals surface area contributed by atoms with Crippen LogP contribution >= 0.6 is 0 Å². The van der Waals surface area contributed by atoms with Crippen molar-refractivity contribution in [2.45, 2.75) is 0 Å². The fourth-order valence-corrected chi connectivity index (χ4v) is 2.72. The first kappa shape index (κ1) is 14.3. The molecule has 3 aromatic carbocycles. The monoisotopic (exact) mass is 318 g/mol. The van der Waals surface area contributed by atoms with Crippen molar-refractivity contribution in [3.05, 3.63) is 60.7 Å². The van der Waals surface area contributed by atoms with Gasteiger partial charge in [-0.2, -0.15) is 0 Å². The summed E-state index contributed by atoms with van der Waals surface area (Å²) in [4.78, 5) is 16.2. The van der Waals surface area contributed by atoms with Crippen LogP contribution in [-0.2, 0) is 4.74 Å². The van der Waals surface area contributed by atoms with E-state index in [1.807, 2.05) is 54.6 Å². The third kappa shape index (κ3) is 2.36. The number of benzene rings is 3. The number of fused-ring (bicyclic) bond motifs is 3. The van der Waals surface area contributed by atoms with Crippen molar-refractivity contribution in [2.24, 2.45) is 0 Å². The number of rotatable bonds is 2. The van der Waals surface area contributed by atoms with Gasteiger partial charge in [0.05, 0.1) is 18.4 Å². The second-order valence-electron chi connectivity index (χ2n) is 5.31. The Morgan fingerprint density at radius 1 is 1.04 bits per heavy atom. The lowest BCUT2D eigenvalue weighted by molar-refractivity contribution is 0.187. The van der Waals surface area contributed by atoms with Gasteiger partial charge in [-0.1, -0.05) is 42.5 Å². The Morgan fingerprint density at radius 2 is 1.83 bits per heavy atom. The van der Waals surface area contributed by atoms with E-state index >= 15 is 0 Å². The smallest absolute Gasteiger partial charge is 0.411 e. The number of carbonyl (C=O) groups is 1. The molecule has 0 spiro atoms. The fraction of sp³-hybridized carbons (Fsp3) is 0.0526. The molecule has 0 saturated carbocycles. The van der Waals surface area contributed by atoms with Crippen LogP contribution in [0.25, 0.3) is 33.3 Å². The molecule has 5 nitrogen and oxygen atoms in total. The van der Waals surface area contributed by atoms with Gasteiger partial charge in [-0.15, -0.1) is 0 Å². The molecule has 118 valence electrons. The van der Waals surface area contributed by atoms with Crippen LogP contribution in [0.4, 0.5) is 10.5 Å². The van der Waals surface area contributed by atoms with Crippen molar-refractivity contribution in [3.8, 4) is 11.5 Å². The van der Waals surface area contributed by atoms with Gasteiger partial charge in [-0.25, -0.2) is 9.78 Å². The summed E-state index contributed by atoms with van der Waals surface area (Å²) >= 11 is 0. The molecule has 5 heteroatoms. The van der Waals surface area contributed by atoms with Gasteiger partial charge in [-0.05, 0) is 23.6 Å². The molecule has 24 heavy (non-hydrogen) atoms. The Hall–Kier alpha value is -3.34. The number of nitrogens with zero attached hydrogens (tertiary/aromatic N) is 1. The molecule has 1 heterocycles. The van der Waals surface area contributed by atoms with Crippen LogP contribution in [0.2, 0.25) is 0 Å². The van der Waals surface area contributed by atoms with Crippen LogP contribution in [0.15, 0.2) is 65.1 Å². The highest BCUT2D eigenvalue weighted by Crippen LogP contribution is 2.33. The highest BCUT2D eigenvalue weighted by atomic mass is 16.5. The lowest BCUT2D eigenvalue weighted by atomic mass is 10.1. The van der Waals surface area contributed by atoms with Gasteiger partial charge < -0.3 is 9.15 Å². The van der Waals surface area contributed by atoms with E-state index in [1.165, 1.54) is 7.11 Å². The highest BCUT2D eigenvalue weighted by molar-refractivity contribution is 6.04. The van der Waals surface area contributed by atoms with Gasteiger partial charge in [0.1, 0.15) is 5.52 Å². The first-order chi connectivity index (χ1) is 11.8. The maximum Gasteiger partial charge on any atom is 0.411 e. The number of hydrogen-bond donors (Lipinski definition) is 1. The zero-order chi connectivity index (χ0) is 16.5. The highest BCUT2D eigenvalue weighted by Gasteiger charge is 2.15.